The number of nitrogens with zero attached hydrogens (tertiary/aromatic N) is 1. The van der Waals surface area contributed by atoms with Crippen molar-refractivity contribution in [2.24, 2.45) is 0 Å². The number of hydrogen-bond acceptors (Lipinski definition) is 5. The van der Waals surface area contributed by atoms with Crippen LogP contribution in [0.4, 0.5) is 5.69 Å². The fourth-order valence-corrected chi connectivity index (χ4v) is 4.00. The normalized spacial score (nSPS) is 16.9. The molecule has 0 aliphatic carbocycles. The molecular weight excluding hydrogens is 374 g/mol. The van der Waals surface area contributed by atoms with Crippen LogP contribution < -0.4 is 15.4 Å². The zero-order chi connectivity index (χ0) is 20.3. The predicted octanol–water partition coefficient (Wildman–Crippen LogP) is 3.16. The molecule has 1 heterocycles. The minimum absolute atomic E-state index is 0.0311. The molecule has 2 unspecified atom stereocenters. The molecule has 0 bridgehead atoms. The van der Waals surface area contributed by atoms with Crippen LogP contribution in [0.1, 0.15) is 28.9 Å². The van der Waals surface area contributed by atoms with Gasteiger partial charge in [-0.05, 0) is 56.9 Å². The molecule has 0 fully saturated rings. The Morgan fingerprint density at radius 3 is 2.61 bits per heavy atom. The molecule has 1 aliphatic rings. The Hall–Kier alpha value is -2.51. The Balaban J connectivity index is 1.69. The smallest absolute Gasteiger partial charge is 0.251 e. The lowest BCUT2D eigenvalue weighted by Gasteiger charge is -2.25. The van der Waals surface area contributed by atoms with Crippen LogP contribution in [0.25, 0.3) is 0 Å². The lowest BCUT2D eigenvalue weighted by atomic mass is 10.1. The molecule has 0 radical (unpaired) electrons. The summed E-state index contributed by atoms with van der Waals surface area (Å²) in [5.74, 6) is 0.594. The molecule has 2 aromatic rings. The summed E-state index contributed by atoms with van der Waals surface area (Å²) in [5.41, 5.74) is 2.32. The minimum atomic E-state index is -0.166. The van der Waals surface area contributed by atoms with E-state index in [2.05, 4.69) is 15.5 Å². The molecule has 0 saturated heterocycles. The summed E-state index contributed by atoms with van der Waals surface area (Å²) in [5, 5.41) is 5.74. The average molecular weight is 400 g/mol. The Morgan fingerprint density at radius 1 is 1.25 bits per heavy atom. The van der Waals surface area contributed by atoms with Crippen molar-refractivity contribution in [1.29, 1.82) is 0 Å². The van der Waals surface area contributed by atoms with Gasteiger partial charge in [-0.25, -0.2) is 0 Å². The van der Waals surface area contributed by atoms with E-state index in [9.17, 15) is 9.59 Å². The topological polar surface area (TPSA) is 70.7 Å². The molecule has 148 valence electrons. The second kappa shape index (κ2) is 8.67. The molecule has 0 saturated carbocycles. The number of carbonyl (C=O) groups is 2. The standard InChI is InChI=1S/C21H25N3O3S/c1-13-20(25)23-17-11-15(7-10-19(17)28-13)21(26)22-12-18(24(2)3)14-5-8-16(27-4)9-6-14/h5-11,13,18H,12H2,1-4H3,(H,22,26)(H,23,25). The summed E-state index contributed by atoms with van der Waals surface area (Å²) in [6, 6.07) is 13.3. The van der Waals surface area contributed by atoms with Crippen LogP contribution in [0.5, 0.6) is 5.75 Å². The van der Waals surface area contributed by atoms with E-state index in [1.807, 2.05) is 51.4 Å². The van der Waals surface area contributed by atoms with Crippen molar-refractivity contribution in [3.05, 3.63) is 53.6 Å². The van der Waals surface area contributed by atoms with Gasteiger partial charge >= 0.3 is 0 Å². The van der Waals surface area contributed by atoms with Gasteiger partial charge in [-0.1, -0.05) is 12.1 Å². The van der Waals surface area contributed by atoms with E-state index in [1.54, 1.807) is 19.2 Å². The van der Waals surface area contributed by atoms with Gasteiger partial charge in [0.1, 0.15) is 5.75 Å². The molecule has 2 N–H and O–H groups in total. The van der Waals surface area contributed by atoms with Gasteiger partial charge in [0.2, 0.25) is 5.91 Å². The molecule has 2 atom stereocenters. The molecule has 1 aliphatic heterocycles. The van der Waals surface area contributed by atoms with Gasteiger partial charge in [0.05, 0.1) is 24.1 Å². The number of hydrogen-bond donors (Lipinski definition) is 2. The maximum Gasteiger partial charge on any atom is 0.251 e. The summed E-state index contributed by atoms with van der Waals surface area (Å²) >= 11 is 1.50. The zero-order valence-electron chi connectivity index (χ0n) is 16.5. The van der Waals surface area contributed by atoms with E-state index < -0.39 is 0 Å². The van der Waals surface area contributed by atoms with E-state index in [1.165, 1.54) is 11.8 Å². The van der Waals surface area contributed by atoms with Crippen molar-refractivity contribution in [2.45, 2.75) is 23.1 Å². The third-order valence-electron chi connectivity index (χ3n) is 4.75. The van der Waals surface area contributed by atoms with E-state index in [4.69, 9.17) is 4.74 Å². The highest BCUT2D eigenvalue weighted by molar-refractivity contribution is 8.00. The highest BCUT2D eigenvalue weighted by Gasteiger charge is 2.24. The number of fused-ring (bicyclic) bond motifs is 1. The number of likely N-dealkylation sites (N-methyl/N-ethyl adjacent to an activating group) is 1. The molecule has 6 nitrogen and oxygen atoms in total. The van der Waals surface area contributed by atoms with Gasteiger partial charge in [-0.2, -0.15) is 0 Å². The SMILES string of the molecule is COc1ccc(C(CNC(=O)c2ccc3c(c2)NC(=O)C(C)S3)N(C)C)cc1. The van der Waals surface area contributed by atoms with Gasteiger partial charge < -0.3 is 20.3 Å². The molecule has 3 rings (SSSR count). The molecule has 2 amide bonds. The second-order valence-corrected chi connectivity index (χ2v) is 8.31. The van der Waals surface area contributed by atoms with Crippen LogP contribution >= 0.6 is 11.8 Å². The maximum absolute atomic E-state index is 12.7. The number of methoxy groups -OCH3 is 1. The quantitative estimate of drug-likeness (QED) is 0.781. The van der Waals surface area contributed by atoms with Crippen LogP contribution in [-0.4, -0.2) is 49.7 Å². The number of benzene rings is 2. The first-order chi connectivity index (χ1) is 13.4. The summed E-state index contributed by atoms with van der Waals surface area (Å²) in [6.45, 7) is 2.33. The lowest BCUT2D eigenvalue weighted by molar-refractivity contribution is -0.115. The number of ether oxygens (including phenoxy) is 1. The Kier molecular flexibility index (Phi) is 6.26. The summed E-state index contributed by atoms with van der Waals surface area (Å²) in [7, 11) is 5.60. The number of thioether (sulfide) groups is 1. The Labute approximate surface area is 169 Å². The summed E-state index contributed by atoms with van der Waals surface area (Å²) in [4.78, 5) is 27.6. The maximum atomic E-state index is 12.7. The third-order valence-corrected chi connectivity index (χ3v) is 5.93. The summed E-state index contributed by atoms with van der Waals surface area (Å²) < 4.78 is 5.21. The van der Waals surface area contributed by atoms with Crippen molar-refractivity contribution < 1.29 is 14.3 Å². The van der Waals surface area contributed by atoms with Gasteiger partial charge in [-0.3, -0.25) is 9.59 Å². The fraction of sp³-hybridized carbons (Fsp3) is 0.333. The average Bonchev–Trinajstić information content (AvgIpc) is 2.68. The predicted molar refractivity (Wildman–Crippen MR) is 112 cm³/mol. The van der Waals surface area contributed by atoms with Crippen LogP contribution in [0.15, 0.2) is 47.4 Å². The van der Waals surface area contributed by atoms with Crippen LogP contribution in [0, 0.1) is 0 Å². The van der Waals surface area contributed by atoms with Crippen molar-refractivity contribution in [3.8, 4) is 5.75 Å². The monoisotopic (exact) mass is 399 g/mol. The molecule has 0 spiro atoms. The van der Waals surface area contributed by atoms with Crippen molar-refractivity contribution in [2.75, 3.05) is 33.1 Å². The van der Waals surface area contributed by atoms with Gasteiger partial charge in [-0.15, -0.1) is 11.8 Å². The van der Waals surface area contributed by atoms with Gasteiger partial charge in [0.15, 0.2) is 0 Å². The second-order valence-electron chi connectivity index (χ2n) is 6.92. The minimum Gasteiger partial charge on any atom is -0.497 e. The first kappa shape index (κ1) is 20.2. The number of rotatable bonds is 6. The largest absolute Gasteiger partial charge is 0.497 e. The first-order valence-corrected chi connectivity index (χ1v) is 9.97. The van der Waals surface area contributed by atoms with Crippen LogP contribution in [-0.2, 0) is 4.79 Å². The van der Waals surface area contributed by atoms with E-state index in [0.29, 0.717) is 17.8 Å². The third kappa shape index (κ3) is 4.48. The lowest BCUT2D eigenvalue weighted by Crippen LogP contribution is -2.34. The van der Waals surface area contributed by atoms with Crippen molar-refractivity contribution in [3.63, 3.8) is 0 Å². The first-order valence-electron chi connectivity index (χ1n) is 9.09. The van der Waals surface area contributed by atoms with Gasteiger partial charge in [0.25, 0.3) is 5.91 Å². The Bertz CT molecular complexity index is 868. The molecule has 0 aromatic heterocycles. The molecule has 7 heteroatoms. The van der Waals surface area contributed by atoms with Crippen molar-refractivity contribution >= 4 is 29.3 Å². The number of carbonyl (C=O) groups excluding carboxylic acids is 2. The number of nitrogens with one attached hydrogen (secondary N) is 2. The number of amides is 2. The molecule has 2 aromatic carbocycles. The van der Waals surface area contributed by atoms with Crippen molar-refractivity contribution in [1.82, 2.24) is 10.2 Å². The Morgan fingerprint density at radius 2 is 1.96 bits per heavy atom. The molecule has 28 heavy (non-hydrogen) atoms. The number of anilines is 1. The summed E-state index contributed by atoms with van der Waals surface area (Å²) in [6.07, 6.45) is 0. The molecular formula is C21H25N3O3S. The highest BCUT2D eigenvalue weighted by atomic mass is 32.2. The highest BCUT2D eigenvalue weighted by Crippen LogP contribution is 2.35. The van der Waals surface area contributed by atoms with Crippen LogP contribution in [0.2, 0.25) is 0 Å². The van der Waals surface area contributed by atoms with E-state index in [-0.39, 0.29) is 23.1 Å². The van der Waals surface area contributed by atoms with Crippen LogP contribution in [0.3, 0.4) is 0 Å². The fourth-order valence-electron chi connectivity index (χ4n) is 3.07. The zero-order valence-corrected chi connectivity index (χ0v) is 17.3. The van der Waals surface area contributed by atoms with E-state index in [0.717, 1.165) is 16.2 Å². The van der Waals surface area contributed by atoms with Gasteiger partial charge in [0, 0.05) is 17.0 Å². The van der Waals surface area contributed by atoms with E-state index >= 15 is 0 Å².